The van der Waals surface area contributed by atoms with Crippen molar-refractivity contribution < 1.29 is 37.1 Å². The fraction of sp³-hybridized carbons (Fsp3) is 0.145. The van der Waals surface area contributed by atoms with Crippen molar-refractivity contribution in [2.75, 3.05) is 0 Å². The molecule has 0 spiro atoms. The Bertz CT molecular complexity index is 3350. The molecule has 0 saturated heterocycles. The minimum atomic E-state index is -2.34. The zero-order valence-electron chi connectivity index (χ0n) is 40.5. The zero-order valence-corrected chi connectivity index (χ0v) is 36.9. The monoisotopic (exact) mass is 995 g/mol. The zero-order chi connectivity index (χ0) is 47.2. The van der Waals surface area contributed by atoms with E-state index in [4.69, 9.17) is 17.6 Å². The Kier molecular flexibility index (Phi) is 10.1. The number of furan rings is 1. The van der Waals surface area contributed by atoms with Crippen LogP contribution in [0.4, 0.5) is 4.39 Å². The van der Waals surface area contributed by atoms with Crippen LogP contribution < -0.4 is 0 Å². The van der Waals surface area contributed by atoms with Crippen LogP contribution in [0, 0.1) is 31.7 Å². The summed E-state index contributed by atoms with van der Waals surface area (Å²) in [7, 11) is 0. The van der Waals surface area contributed by atoms with Crippen LogP contribution in [0.25, 0.3) is 83.7 Å². The van der Waals surface area contributed by atoms with Gasteiger partial charge >= 0.3 is 0 Å². The third kappa shape index (κ3) is 8.26. The molecule has 0 amide bonds. The van der Waals surface area contributed by atoms with E-state index < -0.39 is 13.7 Å². The third-order valence-electron chi connectivity index (χ3n) is 10.9. The molecule has 1 radical (unpaired) electrons. The minimum absolute atomic E-state index is 0. The van der Waals surface area contributed by atoms with Gasteiger partial charge in [0.2, 0.25) is 5.71 Å². The summed E-state index contributed by atoms with van der Waals surface area (Å²) in [6.45, 7) is 4.47. The average molecular weight is 995 g/mol. The Morgan fingerprint density at radius 3 is 2.05 bits per heavy atom. The molecule has 4 aromatic heterocycles. The van der Waals surface area contributed by atoms with Gasteiger partial charge in [0.15, 0.2) is 0 Å². The third-order valence-corrected chi connectivity index (χ3v) is 10.9. The maximum Gasteiger partial charge on any atom is 0.216 e. The van der Waals surface area contributed by atoms with Crippen LogP contribution >= 0.6 is 0 Å². The van der Waals surface area contributed by atoms with Crippen LogP contribution in [-0.4, -0.2) is 19.5 Å². The van der Waals surface area contributed by atoms with Crippen molar-refractivity contribution in [1.29, 1.82) is 0 Å². The van der Waals surface area contributed by atoms with Gasteiger partial charge in [-0.25, -0.2) is 4.98 Å². The summed E-state index contributed by atoms with van der Waals surface area (Å²) in [5.41, 5.74) is 13.0. The van der Waals surface area contributed by atoms with Crippen molar-refractivity contribution in [3.63, 3.8) is 0 Å². The second kappa shape index (κ2) is 17.8. The standard InChI is InChI=1S/C43H36N3O.C12H9FN.Ir/c1-26(2)36-24-32(31-21-19-30(20-22-31)29-12-7-6-8-13-29)25-37(27(3)4)40(36)46-39-17-10-9-16-38(39)45-42(46)35-15-11-14-33-34-23-18-28(5)44-43(34)47-41(33)35;1-9-2-7-12(14-8-9)10-3-5-11(13)6-4-10;/h6-14,16-27H,1-5H3;2-3,5-8H,1H3;/q2*-1;/i5D3;1D3;. The molecule has 0 bridgehead atoms. The maximum atomic E-state index is 12.7. The molecule has 0 aliphatic carbocycles. The Morgan fingerprint density at radius 2 is 1.39 bits per heavy atom. The van der Waals surface area contributed by atoms with Crippen LogP contribution in [0.15, 0.2) is 156 Å². The number of aromatic nitrogens is 4. The quantitative estimate of drug-likeness (QED) is 0.149. The van der Waals surface area contributed by atoms with Crippen LogP contribution in [-0.2, 0) is 20.1 Å². The van der Waals surface area contributed by atoms with Gasteiger partial charge in [0.1, 0.15) is 0 Å². The first-order chi connectivity index (χ1) is 32.0. The molecule has 0 aliphatic rings. The first kappa shape index (κ1) is 35.1. The molecule has 5 nitrogen and oxygen atoms in total. The molecular formula is C55H45FIrN4O-2. The summed E-state index contributed by atoms with van der Waals surface area (Å²) in [5, 5.41) is 1.58. The van der Waals surface area contributed by atoms with Crippen LogP contribution in [0.1, 0.15) is 70.1 Å². The van der Waals surface area contributed by atoms with E-state index in [-0.39, 0.29) is 54.7 Å². The number of para-hydroxylation sites is 2. The number of imidazole rings is 1. The van der Waals surface area contributed by atoms with E-state index in [9.17, 15) is 4.39 Å². The van der Waals surface area contributed by atoms with E-state index in [1.54, 1.807) is 24.3 Å². The maximum absolute atomic E-state index is 12.7. The molecule has 62 heavy (non-hydrogen) atoms. The summed E-state index contributed by atoms with van der Waals surface area (Å²) in [6, 6.07) is 52.6. The molecule has 4 heterocycles. The first-order valence-corrected chi connectivity index (χ1v) is 20.3. The number of hydrogen-bond acceptors (Lipinski definition) is 4. The number of rotatable bonds is 7. The number of fused-ring (bicyclic) bond motifs is 4. The largest absolute Gasteiger partial charge is 0.486 e. The molecule has 0 fully saturated rings. The van der Waals surface area contributed by atoms with Gasteiger partial charge in [-0.3, -0.25) is 9.37 Å². The van der Waals surface area contributed by atoms with Gasteiger partial charge < -0.3 is 14.0 Å². The van der Waals surface area contributed by atoms with E-state index in [1.165, 1.54) is 57.8 Å². The predicted molar refractivity (Wildman–Crippen MR) is 247 cm³/mol. The number of pyridine rings is 2. The summed E-state index contributed by atoms with van der Waals surface area (Å²) < 4.78 is 66.6. The fourth-order valence-electron chi connectivity index (χ4n) is 7.80. The van der Waals surface area contributed by atoms with Crippen LogP contribution in [0.3, 0.4) is 0 Å². The Balaban J connectivity index is 0.000000293. The molecule has 309 valence electrons. The van der Waals surface area contributed by atoms with Crippen molar-refractivity contribution in [3.8, 4) is 50.6 Å². The average Bonchev–Trinajstić information content (AvgIpc) is 3.90. The molecule has 10 rings (SSSR count). The summed E-state index contributed by atoms with van der Waals surface area (Å²) in [5.74, 6) is 0.741. The molecular weight excluding hydrogens is 944 g/mol. The minimum Gasteiger partial charge on any atom is -0.486 e. The van der Waals surface area contributed by atoms with E-state index in [2.05, 4.69) is 121 Å². The van der Waals surface area contributed by atoms with E-state index in [0.717, 1.165) is 27.5 Å². The van der Waals surface area contributed by atoms with Gasteiger partial charge in [0, 0.05) is 57.1 Å². The Morgan fingerprint density at radius 1 is 0.677 bits per heavy atom. The topological polar surface area (TPSA) is 56.7 Å². The molecule has 6 aromatic carbocycles. The van der Waals surface area contributed by atoms with Gasteiger partial charge in [-0.05, 0) is 107 Å². The second-order valence-electron chi connectivity index (χ2n) is 15.6. The van der Waals surface area contributed by atoms with Crippen molar-refractivity contribution in [2.24, 2.45) is 0 Å². The number of nitrogens with zero attached hydrogens (tertiary/aromatic N) is 4. The van der Waals surface area contributed by atoms with E-state index in [0.29, 0.717) is 28.2 Å². The molecule has 0 saturated carbocycles. The van der Waals surface area contributed by atoms with Crippen molar-refractivity contribution >= 4 is 33.1 Å². The van der Waals surface area contributed by atoms with Gasteiger partial charge in [0.05, 0.1) is 22.4 Å². The van der Waals surface area contributed by atoms with Crippen molar-refractivity contribution in [3.05, 3.63) is 192 Å². The van der Waals surface area contributed by atoms with Crippen LogP contribution in [0.2, 0.25) is 0 Å². The van der Waals surface area contributed by atoms with Crippen molar-refractivity contribution in [1.82, 2.24) is 19.5 Å². The number of halogens is 1. The van der Waals surface area contributed by atoms with Crippen molar-refractivity contribution in [2.45, 2.75) is 53.2 Å². The molecule has 0 N–H and O–H groups in total. The number of hydrogen-bond donors (Lipinski definition) is 0. The SMILES string of the molecule is [2H]C([2H])([2H])c1ccc(-c2[c-]cc(F)cc2)nc1.[2H]C([2H])([2H])c1ccc2c(n1)oc1c(-c3nc4ccccc4n3-c3c(C(C)C)cc(-c4ccc(-c5ccccc5)cc4)cc3C(C)C)[c-]ccc12.[Ir]. The van der Waals surface area contributed by atoms with E-state index in [1.807, 2.05) is 36.4 Å². The van der Waals surface area contributed by atoms with Gasteiger partial charge in [-0.15, -0.1) is 48.0 Å². The second-order valence-corrected chi connectivity index (χ2v) is 15.6. The van der Waals surface area contributed by atoms with Gasteiger partial charge in [-0.1, -0.05) is 118 Å². The molecule has 10 aromatic rings. The Hall–Kier alpha value is -6.53. The number of aryl methyl sites for hydroxylation is 2. The summed E-state index contributed by atoms with van der Waals surface area (Å²) in [6.07, 6.45) is 1.31. The van der Waals surface area contributed by atoms with Crippen LogP contribution in [0.5, 0.6) is 0 Å². The first-order valence-electron chi connectivity index (χ1n) is 23.3. The molecule has 0 unspecified atom stereocenters. The number of benzene rings is 6. The molecule has 0 atom stereocenters. The summed E-state index contributed by atoms with van der Waals surface area (Å²) >= 11 is 0. The predicted octanol–water partition coefficient (Wildman–Crippen LogP) is 14.7. The van der Waals surface area contributed by atoms with Gasteiger partial charge in [-0.2, -0.15) is 0 Å². The van der Waals surface area contributed by atoms with Gasteiger partial charge in [0.25, 0.3) is 0 Å². The summed E-state index contributed by atoms with van der Waals surface area (Å²) in [4.78, 5) is 13.7. The van der Waals surface area contributed by atoms with E-state index >= 15 is 0 Å². The smallest absolute Gasteiger partial charge is 0.216 e. The Labute approximate surface area is 384 Å². The molecule has 0 aliphatic heterocycles. The molecule has 7 heteroatoms. The normalized spacial score (nSPS) is 13.1. The fourth-order valence-corrected chi connectivity index (χ4v) is 7.80.